The Morgan fingerprint density at radius 2 is 1.97 bits per heavy atom. The molecule has 1 fully saturated rings. The highest BCUT2D eigenvalue weighted by atomic mass is 19.1. The van der Waals surface area contributed by atoms with Crippen molar-refractivity contribution in [2.24, 2.45) is 0 Å². The lowest BCUT2D eigenvalue weighted by Crippen LogP contribution is -2.24. The number of nitrogens with one attached hydrogen (secondary N) is 3. The maximum atomic E-state index is 13.6. The van der Waals surface area contributed by atoms with Crippen molar-refractivity contribution in [3.05, 3.63) is 71.2 Å². The van der Waals surface area contributed by atoms with Crippen LogP contribution in [0.1, 0.15) is 24.0 Å². The molecule has 0 bridgehead atoms. The number of nitriles is 1. The number of piperidine rings is 1. The van der Waals surface area contributed by atoms with Crippen molar-refractivity contribution in [3.63, 3.8) is 0 Å². The van der Waals surface area contributed by atoms with E-state index in [1.54, 1.807) is 43.3 Å². The predicted octanol–water partition coefficient (Wildman–Crippen LogP) is 4.55. The van der Waals surface area contributed by atoms with Crippen LogP contribution in [0.15, 0.2) is 54.2 Å². The summed E-state index contributed by atoms with van der Waals surface area (Å²) in [7, 11) is 0. The summed E-state index contributed by atoms with van der Waals surface area (Å²) in [5.41, 5.74) is 4.49. The molecule has 3 aromatic rings. The highest BCUT2D eigenvalue weighted by molar-refractivity contribution is 6.03. The molecule has 31 heavy (non-hydrogen) atoms. The third-order valence-corrected chi connectivity index (χ3v) is 5.26. The molecule has 1 aliphatic rings. The van der Waals surface area contributed by atoms with Crippen LogP contribution in [0.25, 0.3) is 10.9 Å². The van der Waals surface area contributed by atoms with Gasteiger partial charge in [0.05, 0.1) is 16.8 Å². The van der Waals surface area contributed by atoms with E-state index >= 15 is 0 Å². The van der Waals surface area contributed by atoms with Crippen LogP contribution >= 0.6 is 0 Å². The number of halogens is 1. The molecule has 3 N–H and O–H groups in total. The third kappa shape index (κ3) is 4.71. The molecule has 2 heterocycles. The lowest BCUT2D eigenvalue weighted by Gasteiger charge is -2.15. The number of hydrogen-bond donors (Lipinski definition) is 3. The number of aryl methyl sites for hydroxylation is 1. The van der Waals surface area contributed by atoms with Crippen LogP contribution in [0, 0.1) is 24.1 Å². The Balaban J connectivity index is 1.67. The van der Waals surface area contributed by atoms with E-state index in [1.165, 1.54) is 12.3 Å². The second kappa shape index (κ2) is 8.94. The monoisotopic (exact) mass is 415 g/mol. The van der Waals surface area contributed by atoms with Crippen molar-refractivity contribution in [3.8, 4) is 6.07 Å². The molecule has 0 aliphatic carbocycles. The van der Waals surface area contributed by atoms with Crippen LogP contribution in [-0.4, -0.2) is 24.0 Å². The first-order valence-electron chi connectivity index (χ1n) is 10.1. The van der Waals surface area contributed by atoms with Gasteiger partial charge in [0.15, 0.2) is 0 Å². The number of fused-ring (bicyclic) bond motifs is 1. The van der Waals surface area contributed by atoms with Crippen molar-refractivity contribution >= 4 is 33.9 Å². The Hall–Kier alpha value is -3.76. The Labute approximate surface area is 179 Å². The van der Waals surface area contributed by atoms with E-state index in [9.17, 15) is 14.4 Å². The van der Waals surface area contributed by atoms with Gasteiger partial charge in [0, 0.05) is 29.0 Å². The van der Waals surface area contributed by atoms with E-state index in [0.29, 0.717) is 39.1 Å². The van der Waals surface area contributed by atoms with Crippen molar-refractivity contribution in [2.45, 2.75) is 19.8 Å². The Morgan fingerprint density at radius 3 is 2.71 bits per heavy atom. The number of pyridine rings is 1. The van der Waals surface area contributed by atoms with Gasteiger partial charge in [0.2, 0.25) is 5.91 Å². The van der Waals surface area contributed by atoms with E-state index in [0.717, 1.165) is 31.5 Å². The molecule has 0 saturated carbocycles. The standard InChI is InChI=1S/C24H22FN5O/c1-15-10-18(2-4-21(15)25)30-24-17(13-26)14-28-22-5-3-19(12-20(22)24)29-23(31)11-16-6-8-27-9-7-16/h2-5,10-12,14,27H,6-9H2,1H3,(H,28,30)(H,29,31). The molecular formula is C24H22FN5O. The Bertz CT molecular complexity index is 1220. The van der Waals surface area contributed by atoms with Gasteiger partial charge in [-0.2, -0.15) is 5.26 Å². The second-order valence-electron chi connectivity index (χ2n) is 7.52. The fourth-order valence-electron chi connectivity index (χ4n) is 3.61. The van der Waals surface area contributed by atoms with Gasteiger partial charge in [-0.05, 0) is 74.8 Å². The van der Waals surface area contributed by atoms with Crippen LogP contribution in [0.2, 0.25) is 0 Å². The quantitative estimate of drug-likeness (QED) is 0.544. The number of benzene rings is 2. The minimum Gasteiger partial charge on any atom is -0.354 e. The molecule has 0 spiro atoms. The average molecular weight is 415 g/mol. The summed E-state index contributed by atoms with van der Waals surface area (Å²) in [5, 5.41) is 19.7. The van der Waals surface area contributed by atoms with Crippen LogP contribution in [0.5, 0.6) is 0 Å². The summed E-state index contributed by atoms with van der Waals surface area (Å²) in [4.78, 5) is 16.8. The second-order valence-corrected chi connectivity index (χ2v) is 7.52. The average Bonchev–Trinajstić information content (AvgIpc) is 2.77. The molecule has 6 nitrogen and oxygen atoms in total. The summed E-state index contributed by atoms with van der Waals surface area (Å²) in [6, 6.07) is 12.2. The SMILES string of the molecule is Cc1cc(Nc2c(C#N)cnc3ccc(NC(=O)C=C4CCNCC4)cc23)ccc1F. The van der Waals surface area contributed by atoms with Gasteiger partial charge < -0.3 is 16.0 Å². The number of carbonyl (C=O) groups is 1. The minimum absolute atomic E-state index is 0.177. The number of anilines is 3. The van der Waals surface area contributed by atoms with E-state index < -0.39 is 0 Å². The topological polar surface area (TPSA) is 89.8 Å². The smallest absolute Gasteiger partial charge is 0.248 e. The Kier molecular flexibility index (Phi) is 5.92. The fourth-order valence-corrected chi connectivity index (χ4v) is 3.61. The zero-order valence-corrected chi connectivity index (χ0v) is 17.1. The van der Waals surface area contributed by atoms with Crippen LogP contribution in [-0.2, 0) is 4.79 Å². The summed E-state index contributed by atoms with van der Waals surface area (Å²) in [6.07, 6.45) is 4.90. The molecule has 1 amide bonds. The largest absolute Gasteiger partial charge is 0.354 e. The molecule has 0 radical (unpaired) electrons. The lowest BCUT2D eigenvalue weighted by atomic mass is 10.1. The molecule has 156 valence electrons. The number of nitrogens with zero attached hydrogens (tertiary/aromatic N) is 2. The number of amides is 1. The van der Waals surface area contributed by atoms with E-state index in [1.807, 2.05) is 0 Å². The molecule has 4 rings (SSSR count). The minimum atomic E-state index is -0.293. The van der Waals surface area contributed by atoms with E-state index in [4.69, 9.17) is 0 Å². The van der Waals surface area contributed by atoms with E-state index in [2.05, 4.69) is 27.0 Å². The summed E-state index contributed by atoms with van der Waals surface area (Å²) >= 11 is 0. The lowest BCUT2D eigenvalue weighted by molar-refractivity contribution is -0.112. The third-order valence-electron chi connectivity index (χ3n) is 5.26. The van der Waals surface area contributed by atoms with Crippen LogP contribution < -0.4 is 16.0 Å². The van der Waals surface area contributed by atoms with Crippen molar-refractivity contribution in [1.29, 1.82) is 5.26 Å². The summed E-state index contributed by atoms with van der Waals surface area (Å²) in [6.45, 7) is 3.45. The van der Waals surface area contributed by atoms with Gasteiger partial charge in [-0.15, -0.1) is 0 Å². The molecular weight excluding hydrogens is 393 g/mol. The van der Waals surface area contributed by atoms with E-state index in [-0.39, 0.29) is 11.7 Å². The molecule has 1 aliphatic heterocycles. The first-order chi connectivity index (χ1) is 15.0. The molecule has 1 saturated heterocycles. The van der Waals surface area contributed by atoms with Crippen LogP contribution in [0.4, 0.5) is 21.5 Å². The number of carbonyl (C=O) groups excluding carboxylic acids is 1. The normalized spacial score (nSPS) is 13.5. The number of rotatable bonds is 4. The Morgan fingerprint density at radius 1 is 1.19 bits per heavy atom. The van der Waals surface area contributed by atoms with Crippen molar-refractivity contribution in [1.82, 2.24) is 10.3 Å². The number of aromatic nitrogens is 1. The zero-order chi connectivity index (χ0) is 21.8. The fraction of sp³-hybridized carbons (Fsp3) is 0.208. The van der Waals surface area contributed by atoms with Crippen molar-refractivity contribution < 1.29 is 9.18 Å². The highest BCUT2D eigenvalue weighted by Gasteiger charge is 2.12. The molecule has 7 heteroatoms. The molecule has 0 unspecified atom stereocenters. The number of hydrogen-bond acceptors (Lipinski definition) is 5. The molecule has 0 atom stereocenters. The first kappa shape index (κ1) is 20.5. The van der Waals surface area contributed by atoms with Gasteiger partial charge in [0.1, 0.15) is 11.9 Å². The van der Waals surface area contributed by atoms with Gasteiger partial charge in [-0.3, -0.25) is 9.78 Å². The highest BCUT2D eigenvalue weighted by Crippen LogP contribution is 2.31. The maximum Gasteiger partial charge on any atom is 0.248 e. The molecule has 1 aromatic heterocycles. The summed E-state index contributed by atoms with van der Waals surface area (Å²) < 4.78 is 13.6. The van der Waals surface area contributed by atoms with Crippen LogP contribution in [0.3, 0.4) is 0 Å². The van der Waals surface area contributed by atoms with Crippen molar-refractivity contribution in [2.75, 3.05) is 23.7 Å². The van der Waals surface area contributed by atoms with Gasteiger partial charge in [-0.25, -0.2) is 4.39 Å². The molecule has 2 aromatic carbocycles. The van der Waals surface area contributed by atoms with Gasteiger partial charge in [-0.1, -0.05) is 5.57 Å². The van der Waals surface area contributed by atoms with Gasteiger partial charge in [0.25, 0.3) is 0 Å². The first-order valence-corrected chi connectivity index (χ1v) is 10.1. The zero-order valence-electron chi connectivity index (χ0n) is 17.1. The maximum absolute atomic E-state index is 13.6. The van der Waals surface area contributed by atoms with Gasteiger partial charge >= 0.3 is 0 Å². The predicted molar refractivity (Wildman–Crippen MR) is 120 cm³/mol. The summed E-state index contributed by atoms with van der Waals surface area (Å²) in [5.74, 6) is -0.470.